The lowest BCUT2D eigenvalue weighted by molar-refractivity contribution is 0.0749. The monoisotopic (exact) mass is 410 g/mol. The van der Waals surface area contributed by atoms with Gasteiger partial charge in [-0.3, -0.25) is 9.89 Å². The van der Waals surface area contributed by atoms with Crippen LogP contribution in [0.1, 0.15) is 28.4 Å². The maximum Gasteiger partial charge on any atom is 0.254 e. The first-order valence-corrected chi connectivity index (χ1v) is 10.5. The first-order chi connectivity index (χ1) is 14.2. The summed E-state index contributed by atoms with van der Waals surface area (Å²) in [5.41, 5.74) is 2.74. The van der Waals surface area contributed by atoms with Crippen LogP contribution in [0.3, 0.4) is 0 Å². The number of fused-ring (bicyclic) bond motifs is 1. The van der Waals surface area contributed by atoms with Gasteiger partial charge in [0.1, 0.15) is 19.5 Å². The lowest BCUT2D eigenvalue weighted by Crippen LogP contribution is -2.31. The SMILES string of the molecule is CCN(Cc1cccc2c1OCCO2)C(=O)c1ccc(CSc2ncn[nH]2)cc1. The minimum atomic E-state index is -0.00346. The van der Waals surface area contributed by atoms with Crippen molar-refractivity contribution < 1.29 is 14.3 Å². The molecule has 0 fully saturated rings. The van der Waals surface area contributed by atoms with Gasteiger partial charge in [0.15, 0.2) is 16.7 Å². The Balaban J connectivity index is 1.43. The van der Waals surface area contributed by atoms with Crippen LogP contribution in [0.2, 0.25) is 0 Å². The van der Waals surface area contributed by atoms with E-state index in [1.807, 2.05) is 54.3 Å². The highest BCUT2D eigenvalue weighted by molar-refractivity contribution is 7.98. The summed E-state index contributed by atoms with van der Waals surface area (Å²) < 4.78 is 11.4. The van der Waals surface area contributed by atoms with Crippen LogP contribution in [0.4, 0.5) is 0 Å². The van der Waals surface area contributed by atoms with Crippen molar-refractivity contribution in [2.24, 2.45) is 0 Å². The maximum atomic E-state index is 13.0. The van der Waals surface area contributed by atoms with Crippen LogP contribution in [0, 0.1) is 0 Å². The second-order valence-electron chi connectivity index (χ2n) is 6.54. The normalized spacial score (nSPS) is 12.6. The Bertz CT molecular complexity index is 961. The number of ether oxygens (including phenoxy) is 2. The zero-order chi connectivity index (χ0) is 20.1. The molecule has 0 bridgehead atoms. The first kappa shape index (κ1) is 19.3. The molecule has 0 unspecified atom stereocenters. The van der Waals surface area contributed by atoms with Gasteiger partial charge in [0.25, 0.3) is 5.91 Å². The van der Waals surface area contributed by atoms with Gasteiger partial charge in [0, 0.05) is 30.0 Å². The third-order valence-electron chi connectivity index (χ3n) is 4.65. The molecule has 0 radical (unpaired) electrons. The van der Waals surface area contributed by atoms with Crippen LogP contribution in [-0.4, -0.2) is 45.7 Å². The predicted octanol–water partition coefficient (Wildman–Crippen LogP) is 3.53. The first-order valence-electron chi connectivity index (χ1n) is 9.48. The van der Waals surface area contributed by atoms with Gasteiger partial charge in [0.05, 0.1) is 0 Å². The lowest BCUT2D eigenvalue weighted by Gasteiger charge is -2.25. The Kier molecular flexibility index (Phi) is 6.00. The van der Waals surface area contributed by atoms with E-state index in [1.54, 1.807) is 11.8 Å². The molecule has 0 spiro atoms. The van der Waals surface area contributed by atoms with Crippen molar-refractivity contribution in [2.75, 3.05) is 19.8 Å². The van der Waals surface area contributed by atoms with Crippen LogP contribution in [0.15, 0.2) is 53.9 Å². The number of nitrogens with one attached hydrogen (secondary N) is 1. The van der Waals surface area contributed by atoms with Crippen molar-refractivity contribution in [3.63, 3.8) is 0 Å². The largest absolute Gasteiger partial charge is 0.486 e. The van der Waals surface area contributed by atoms with Crippen molar-refractivity contribution in [1.82, 2.24) is 20.1 Å². The Morgan fingerprint density at radius 1 is 1.17 bits per heavy atom. The molecule has 4 rings (SSSR count). The fourth-order valence-electron chi connectivity index (χ4n) is 3.13. The Labute approximate surface area is 173 Å². The molecule has 2 heterocycles. The smallest absolute Gasteiger partial charge is 0.254 e. The minimum Gasteiger partial charge on any atom is -0.486 e. The third-order valence-corrected chi connectivity index (χ3v) is 5.60. The topological polar surface area (TPSA) is 80.3 Å². The summed E-state index contributed by atoms with van der Waals surface area (Å²) in [5.74, 6) is 2.24. The van der Waals surface area contributed by atoms with Crippen molar-refractivity contribution >= 4 is 17.7 Å². The molecule has 150 valence electrons. The molecule has 0 aliphatic carbocycles. The molecule has 0 saturated heterocycles. The maximum absolute atomic E-state index is 13.0. The van der Waals surface area contributed by atoms with Gasteiger partial charge in [-0.1, -0.05) is 36.0 Å². The number of carbonyl (C=O) groups is 1. The number of hydrogen-bond acceptors (Lipinski definition) is 6. The molecule has 29 heavy (non-hydrogen) atoms. The quantitative estimate of drug-likeness (QED) is 0.600. The molecule has 7 nitrogen and oxygen atoms in total. The van der Waals surface area contributed by atoms with E-state index in [4.69, 9.17) is 9.47 Å². The number of aromatic nitrogens is 3. The highest BCUT2D eigenvalue weighted by Gasteiger charge is 2.20. The summed E-state index contributed by atoms with van der Waals surface area (Å²) in [6.45, 7) is 4.13. The van der Waals surface area contributed by atoms with E-state index in [0.717, 1.165) is 33.5 Å². The van der Waals surface area contributed by atoms with Crippen LogP contribution in [0.25, 0.3) is 0 Å². The van der Waals surface area contributed by atoms with Gasteiger partial charge >= 0.3 is 0 Å². The molecule has 8 heteroatoms. The number of aromatic amines is 1. The molecule has 0 atom stereocenters. The zero-order valence-electron chi connectivity index (χ0n) is 16.1. The van der Waals surface area contributed by atoms with Gasteiger partial charge in [-0.25, -0.2) is 4.98 Å². The average Bonchev–Trinajstić information content (AvgIpc) is 3.30. The molecule has 1 aliphatic rings. The van der Waals surface area contributed by atoms with Crippen LogP contribution in [0.5, 0.6) is 11.5 Å². The number of H-pyrrole nitrogens is 1. The number of hydrogen-bond donors (Lipinski definition) is 1. The van der Waals surface area contributed by atoms with Gasteiger partial charge in [-0.15, -0.1) is 0 Å². The zero-order valence-corrected chi connectivity index (χ0v) is 16.9. The van der Waals surface area contributed by atoms with Crippen molar-refractivity contribution in [3.05, 3.63) is 65.5 Å². The van der Waals surface area contributed by atoms with Crippen molar-refractivity contribution in [3.8, 4) is 11.5 Å². The number of benzene rings is 2. The molecular formula is C21H22N4O3S. The number of rotatable bonds is 7. The summed E-state index contributed by atoms with van der Waals surface area (Å²) in [6.07, 6.45) is 1.49. The lowest BCUT2D eigenvalue weighted by atomic mass is 10.1. The van der Waals surface area contributed by atoms with Crippen molar-refractivity contribution in [1.29, 1.82) is 0 Å². The fourth-order valence-corrected chi connectivity index (χ4v) is 3.87. The summed E-state index contributed by atoms with van der Waals surface area (Å²) in [6, 6.07) is 13.5. The molecule has 1 N–H and O–H groups in total. The highest BCUT2D eigenvalue weighted by atomic mass is 32.2. The highest BCUT2D eigenvalue weighted by Crippen LogP contribution is 2.34. The minimum absolute atomic E-state index is 0.00346. The standard InChI is InChI=1S/C21H22N4O3S/c1-2-25(12-17-4-3-5-18-19(17)28-11-10-27-18)20(26)16-8-6-15(7-9-16)13-29-21-22-14-23-24-21/h3-9,14H,2,10-13H2,1H3,(H,22,23,24). The number of thioether (sulfide) groups is 1. The molecule has 2 aromatic carbocycles. The van der Waals surface area contributed by atoms with Crippen LogP contribution in [-0.2, 0) is 12.3 Å². The molecule has 1 aliphatic heterocycles. The van der Waals surface area contributed by atoms with E-state index in [0.29, 0.717) is 31.9 Å². The second-order valence-corrected chi connectivity index (χ2v) is 7.50. The summed E-state index contributed by atoms with van der Waals surface area (Å²) in [5, 5.41) is 7.44. The number of nitrogens with zero attached hydrogens (tertiary/aromatic N) is 3. The van der Waals surface area contributed by atoms with Crippen LogP contribution < -0.4 is 9.47 Å². The van der Waals surface area contributed by atoms with E-state index < -0.39 is 0 Å². The van der Waals surface area contributed by atoms with Gasteiger partial charge in [0.2, 0.25) is 0 Å². The summed E-state index contributed by atoms with van der Waals surface area (Å²) in [7, 11) is 0. The van der Waals surface area contributed by atoms with E-state index in [9.17, 15) is 4.79 Å². The van der Waals surface area contributed by atoms with Crippen molar-refractivity contribution in [2.45, 2.75) is 24.4 Å². The molecule has 1 aromatic heterocycles. The number of para-hydroxylation sites is 1. The van der Waals surface area contributed by atoms with E-state index >= 15 is 0 Å². The van der Waals surface area contributed by atoms with E-state index in [2.05, 4.69) is 15.2 Å². The average molecular weight is 410 g/mol. The Morgan fingerprint density at radius 3 is 2.76 bits per heavy atom. The van der Waals surface area contributed by atoms with Gasteiger partial charge in [-0.05, 0) is 30.7 Å². The molecule has 3 aromatic rings. The third kappa shape index (κ3) is 4.54. The van der Waals surface area contributed by atoms with Gasteiger partial charge < -0.3 is 14.4 Å². The number of carbonyl (C=O) groups excluding carboxylic acids is 1. The summed E-state index contributed by atoms with van der Waals surface area (Å²) >= 11 is 1.57. The Morgan fingerprint density at radius 2 is 2.00 bits per heavy atom. The van der Waals surface area contributed by atoms with E-state index in [-0.39, 0.29) is 5.91 Å². The molecule has 0 saturated carbocycles. The number of amides is 1. The fraction of sp³-hybridized carbons (Fsp3) is 0.286. The molecule has 1 amide bonds. The second kappa shape index (κ2) is 9.00. The summed E-state index contributed by atoms with van der Waals surface area (Å²) in [4.78, 5) is 18.9. The molecular weight excluding hydrogens is 388 g/mol. The Hall–Kier alpha value is -3.00. The van der Waals surface area contributed by atoms with E-state index in [1.165, 1.54) is 6.33 Å². The van der Waals surface area contributed by atoms with Gasteiger partial charge in [-0.2, -0.15) is 5.10 Å². The predicted molar refractivity (Wildman–Crippen MR) is 110 cm³/mol. The van der Waals surface area contributed by atoms with Crippen LogP contribution >= 0.6 is 11.8 Å².